The molecule has 1 unspecified atom stereocenters. The van der Waals surface area contributed by atoms with Gasteiger partial charge in [0, 0.05) is 13.1 Å². The van der Waals surface area contributed by atoms with Crippen LogP contribution < -0.4 is 5.32 Å². The van der Waals surface area contributed by atoms with Gasteiger partial charge in [-0.3, -0.25) is 4.90 Å². The first-order valence-electron chi connectivity index (χ1n) is 7.27. The van der Waals surface area contributed by atoms with Crippen LogP contribution in [0.15, 0.2) is 24.3 Å². The Kier molecular flexibility index (Phi) is 5.21. The van der Waals surface area contributed by atoms with Crippen molar-refractivity contribution in [3.05, 3.63) is 35.4 Å². The molecule has 0 aromatic heterocycles. The van der Waals surface area contributed by atoms with Crippen molar-refractivity contribution in [3.63, 3.8) is 0 Å². The van der Waals surface area contributed by atoms with E-state index in [1.807, 2.05) is 0 Å². The number of nitrogens with zero attached hydrogens (tertiary/aromatic N) is 1. The molecule has 1 aliphatic heterocycles. The first-order chi connectivity index (χ1) is 8.79. The smallest absolute Gasteiger partial charge is 0.0236 e. The van der Waals surface area contributed by atoms with Crippen LogP contribution in [0.1, 0.15) is 30.9 Å². The molecule has 2 nitrogen and oxygen atoms in total. The largest absolute Gasteiger partial charge is 0.317 e. The molecule has 18 heavy (non-hydrogen) atoms. The van der Waals surface area contributed by atoms with E-state index in [0.717, 1.165) is 19.0 Å². The van der Waals surface area contributed by atoms with Crippen LogP contribution in [-0.4, -0.2) is 31.1 Å². The molecule has 0 radical (unpaired) electrons. The molecule has 0 aliphatic carbocycles. The minimum absolute atomic E-state index is 0.836. The van der Waals surface area contributed by atoms with Crippen molar-refractivity contribution >= 4 is 0 Å². The summed E-state index contributed by atoms with van der Waals surface area (Å²) in [5.41, 5.74) is 2.91. The number of rotatable bonds is 5. The number of hydrogen-bond donors (Lipinski definition) is 1. The van der Waals surface area contributed by atoms with Crippen molar-refractivity contribution in [2.75, 3.05) is 26.2 Å². The Morgan fingerprint density at radius 3 is 2.94 bits per heavy atom. The van der Waals surface area contributed by atoms with E-state index >= 15 is 0 Å². The monoisotopic (exact) mass is 246 g/mol. The Morgan fingerprint density at radius 2 is 2.17 bits per heavy atom. The minimum Gasteiger partial charge on any atom is -0.317 e. The summed E-state index contributed by atoms with van der Waals surface area (Å²) in [5.74, 6) is 0.836. The molecule has 1 saturated heterocycles. The second-order valence-corrected chi connectivity index (χ2v) is 5.48. The van der Waals surface area contributed by atoms with Gasteiger partial charge >= 0.3 is 0 Å². The number of nitrogens with one attached hydrogen (secondary N) is 1. The highest BCUT2D eigenvalue weighted by Crippen LogP contribution is 2.19. The van der Waals surface area contributed by atoms with E-state index in [1.165, 1.54) is 43.6 Å². The van der Waals surface area contributed by atoms with E-state index in [9.17, 15) is 0 Å². The maximum atomic E-state index is 3.49. The quantitative estimate of drug-likeness (QED) is 0.859. The third-order valence-corrected chi connectivity index (χ3v) is 3.94. The van der Waals surface area contributed by atoms with Gasteiger partial charge in [0.05, 0.1) is 0 Å². The van der Waals surface area contributed by atoms with Crippen LogP contribution in [0.5, 0.6) is 0 Å². The summed E-state index contributed by atoms with van der Waals surface area (Å²) >= 11 is 0. The molecule has 1 atom stereocenters. The maximum absolute atomic E-state index is 3.49. The van der Waals surface area contributed by atoms with E-state index in [1.54, 1.807) is 0 Å². The second kappa shape index (κ2) is 6.91. The molecule has 1 aromatic rings. The summed E-state index contributed by atoms with van der Waals surface area (Å²) in [4.78, 5) is 2.62. The second-order valence-electron chi connectivity index (χ2n) is 5.48. The van der Waals surface area contributed by atoms with Gasteiger partial charge in [-0.05, 0) is 56.4 Å². The first kappa shape index (κ1) is 13.6. The molecule has 1 aliphatic rings. The standard InChI is InChI=1S/C16H26N2/c1-3-17-11-15-8-6-10-18(12-15)13-16-9-5-4-7-14(16)2/h4-5,7,9,15,17H,3,6,8,10-13H2,1-2H3. The SMILES string of the molecule is CCNCC1CCCN(Cc2ccccc2C)C1. The van der Waals surface area contributed by atoms with Gasteiger partial charge in [-0.15, -0.1) is 0 Å². The fourth-order valence-electron chi connectivity index (χ4n) is 2.84. The van der Waals surface area contributed by atoms with Gasteiger partial charge in [-0.2, -0.15) is 0 Å². The highest BCUT2D eigenvalue weighted by Gasteiger charge is 2.19. The summed E-state index contributed by atoms with van der Waals surface area (Å²) in [5, 5.41) is 3.49. The summed E-state index contributed by atoms with van der Waals surface area (Å²) in [6.07, 6.45) is 2.74. The molecule has 100 valence electrons. The fraction of sp³-hybridized carbons (Fsp3) is 0.625. The molecule has 2 rings (SSSR count). The Hall–Kier alpha value is -0.860. The fourth-order valence-corrected chi connectivity index (χ4v) is 2.84. The van der Waals surface area contributed by atoms with Gasteiger partial charge in [-0.25, -0.2) is 0 Å². The van der Waals surface area contributed by atoms with Gasteiger partial charge in [0.2, 0.25) is 0 Å². The number of benzene rings is 1. The zero-order chi connectivity index (χ0) is 12.8. The van der Waals surface area contributed by atoms with Gasteiger partial charge in [0.25, 0.3) is 0 Å². The summed E-state index contributed by atoms with van der Waals surface area (Å²) in [7, 11) is 0. The number of piperidine rings is 1. The molecule has 0 bridgehead atoms. The minimum atomic E-state index is 0.836. The van der Waals surface area contributed by atoms with Gasteiger partial charge < -0.3 is 5.32 Å². The highest BCUT2D eigenvalue weighted by molar-refractivity contribution is 5.25. The van der Waals surface area contributed by atoms with Crippen molar-refractivity contribution in [1.82, 2.24) is 10.2 Å². The molecule has 1 aromatic carbocycles. The average Bonchev–Trinajstić information content (AvgIpc) is 2.40. The third-order valence-electron chi connectivity index (χ3n) is 3.94. The number of aryl methyl sites for hydroxylation is 1. The van der Waals surface area contributed by atoms with Crippen molar-refractivity contribution in [3.8, 4) is 0 Å². The molecule has 1 fully saturated rings. The first-order valence-corrected chi connectivity index (χ1v) is 7.27. The molecular formula is C16H26N2. The zero-order valence-electron chi connectivity index (χ0n) is 11.8. The van der Waals surface area contributed by atoms with Crippen LogP contribution >= 0.6 is 0 Å². The Bertz CT molecular complexity index is 362. The molecule has 1 N–H and O–H groups in total. The average molecular weight is 246 g/mol. The maximum Gasteiger partial charge on any atom is 0.0236 e. The van der Waals surface area contributed by atoms with Gasteiger partial charge in [0.1, 0.15) is 0 Å². The Labute approximate surface area is 111 Å². The normalized spacial score (nSPS) is 21.1. The van der Waals surface area contributed by atoms with Crippen molar-refractivity contribution in [1.29, 1.82) is 0 Å². The topological polar surface area (TPSA) is 15.3 Å². The molecule has 0 saturated carbocycles. The van der Waals surface area contributed by atoms with Crippen molar-refractivity contribution in [2.45, 2.75) is 33.2 Å². The molecule has 0 amide bonds. The van der Waals surface area contributed by atoms with Gasteiger partial charge in [-0.1, -0.05) is 31.2 Å². The lowest BCUT2D eigenvalue weighted by atomic mass is 9.97. The third kappa shape index (κ3) is 3.82. The molecule has 0 spiro atoms. The Morgan fingerprint density at radius 1 is 1.33 bits per heavy atom. The van der Waals surface area contributed by atoms with E-state index in [-0.39, 0.29) is 0 Å². The lowest BCUT2D eigenvalue weighted by molar-refractivity contribution is 0.165. The summed E-state index contributed by atoms with van der Waals surface area (Å²) < 4.78 is 0. The number of likely N-dealkylation sites (tertiary alicyclic amines) is 1. The van der Waals surface area contributed by atoms with Crippen LogP contribution in [0.25, 0.3) is 0 Å². The Balaban J connectivity index is 1.87. The zero-order valence-corrected chi connectivity index (χ0v) is 11.8. The lowest BCUT2D eigenvalue weighted by Crippen LogP contribution is -2.39. The van der Waals surface area contributed by atoms with Crippen LogP contribution in [0.3, 0.4) is 0 Å². The van der Waals surface area contributed by atoms with Crippen LogP contribution in [-0.2, 0) is 6.54 Å². The van der Waals surface area contributed by atoms with Gasteiger partial charge in [0.15, 0.2) is 0 Å². The molecular weight excluding hydrogens is 220 g/mol. The highest BCUT2D eigenvalue weighted by atomic mass is 15.1. The van der Waals surface area contributed by atoms with Crippen LogP contribution in [0.4, 0.5) is 0 Å². The predicted molar refractivity (Wildman–Crippen MR) is 77.7 cm³/mol. The van der Waals surface area contributed by atoms with Crippen molar-refractivity contribution in [2.24, 2.45) is 5.92 Å². The summed E-state index contributed by atoms with van der Waals surface area (Å²) in [6, 6.07) is 8.77. The lowest BCUT2D eigenvalue weighted by Gasteiger charge is -2.33. The predicted octanol–water partition coefficient (Wildman–Crippen LogP) is 2.82. The number of hydrogen-bond acceptors (Lipinski definition) is 2. The van der Waals surface area contributed by atoms with Crippen LogP contribution in [0.2, 0.25) is 0 Å². The van der Waals surface area contributed by atoms with Crippen LogP contribution in [0, 0.1) is 12.8 Å². The summed E-state index contributed by atoms with van der Waals surface area (Å²) in [6.45, 7) is 10.3. The van der Waals surface area contributed by atoms with E-state index < -0.39 is 0 Å². The van der Waals surface area contributed by atoms with E-state index in [0.29, 0.717) is 0 Å². The van der Waals surface area contributed by atoms with Crippen molar-refractivity contribution < 1.29 is 0 Å². The van der Waals surface area contributed by atoms with E-state index in [2.05, 4.69) is 48.3 Å². The van der Waals surface area contributed by atoms with E-state index in [4.69, 9.17) is 0 Å². The molecule has 1 heterocycles. The molecule has 2 heteroatoms.